The number of rotatable bonds is 8. The Bertz CT molecular complexity index is 677. The number of amides is 1. The molecule has 2 rings (SSSR count). The van der Waals surface area contributed by atoms with Gasteiger partial charge in [0.1, 0.15) is 5.69 Å². The fourth-order valence-electron chi connectivity index (χ4n) is 2.09. The highest BCUT2D eigenvalue weighted by Crippen LogP contribution is 2.10. The number of nitrogens with one attached hydrogen (secondary N) is 2. The fourth-order valence-corrected chi connectivity index (χ4v) is 2.22. The van der Waals surface area contributed by atoms with E-state index in [0.29, 0.717) is 31.3 Å². The smallest absolute Gasteiger partial charge is 0.270 e. The zero-order chi connectivity index (χ0) is 17.4. The SMILES string of the molecule is COCCNC(=O)c1cc(C)nc(NCCc2ccc(Cl)cc2)n1. The number of carbonyl (C=O) groups is 1. The molecule has 1 aromatic heterocycles. The van der Waals surface area contributed by atoms with Crippen LogP contribution in [0.3, 0.4) is 0 Å². The van der Waals surface area contributed by atoms with Crippen molar-refractivity contribution in [1.82, 2.24) is 15.3 Å². The third-order valence-electron chi connectivity index (χ3n) is 3.29. The van der Waals surface area contributed by atoms with Crippen LogP contribution >= 0.6 is 11.6 Å². The Kier molecular flexibility index (Phi) is 6.96. The van der Waals surface area contributed by atoms with Gasteiger partial charge in [-0.2, -0.15) is 0 Å². The molecule has 0 aliphatic rings. The first-order chi connectivity index (χ1) is 11.6. The Morgan fingerprint density at radius 3 is 2.67 bits per heavy atom. The number of hydrogen-bond donors (Lipinski definition) is 2. The predicted molar refractivity (Wildman–Crippen MR) is 94.6 cm³/mol. The Morgan fingerprint density at radius 2 is 1.96 bits per heavy atom. The standard InChI is InChI=1S/C17H21ClN4O2/c1-12-11-15(16(23)19-9-10-24-2)22-17(21-12)20-8-7-13-3-5-14(18)6-4-13/h3-6,11H,7-10H2,1-2H3,(H,19,23)(H,20,21,22). The predicted octanol–water partition coefficient (Wildman–Crippen LogP) is 2.47. The molecule has 2 N–H and O–H groups in total. The second kappa shape index (κ2) is 9.20. The summed E-state index contributed by atoms with van der Waals surface area (Å²) in [4.78, 5) is 20.6. The molecular weight excluding hydrogens is 328 g/mol. The van der Waals surface area contributed by atoms with Crippen LogP contribution < -0.4 is 10.6 Å². The number of carbonyl (C=O) groups excluding carboxylic acids is 1. The van der Waals surface area contributed by atoms with Crippen molar-refractivity contribution < 1.29 is 9.53 Å². The van der Waals surface area contributed by atoms with Gasteiger partial charge in [0.05, 0.1) is 6.61 Å². The van der Waals surface area contributed by atoms with Crippen molar-refractivity contribution in [2.45, 2.75) is 13.3 Å². The Hall–Kier alpha value is -2.18. The van der Waals surface area contributed by atoms with Crippen LogP contribution in [0.4, 0.5) is 5.95 Å². The van der Waals surface area contributed by atoms with Crippen LogP contribution in [0, 0.1) is 6.92 Å². The molecule has 1 amide bonds. The van der Waals surface area contributed by atoms with Gasteiger partial charge in [0.2, 0.25) is 5.95 Å². The summed E-state index contributed by atoms with van der Waals surface area (Å²) < 4.78 is 4.91. The Labute approximate surface area is 146 Å². The third-order valence-corrected chi connectivity index (χ3v) is 3.54. The van der Waals surface area contributed by atoms with Gasteiger partial charge in [0.15, 0.2) is 0 Å². The molecule has 0 bridgehead atoms. The molecule has 0 fully saturated rings. The molecule has 0 radical (unpaired) electrons. The molecule has 7 heteroatoms. The maximum atomic E-state index is 12.1. The van der Waals surface area contributed by atoms with Gasteiger partial charge in [0.25, 0.3) is 5.91 Å². The van der Waals surface area contributed by atoms with Crippen LogP contribution in [-0.2, 0) is 11.2 Å². The molecule has 0 saturated heterocycles. The van der Waals surface area contributed by atoms with Crippen molar-refractivity contribution >= 4 is 23.5 Å². The minimum atomic E-state index is -0.238. The first kappa shape index (κ1) is 18.2. The average Bonchev–Trinajstić information content (AvgIpc) is 2.56. The van der Waals surface area contributed by atoms with Gasteiger partial charge in [-0.25, -0.2) is 9.97 Å². The van der Waals surface area contributed by atoms with Gasteiger partial charge in [-0.3, -0.25) is 4.79 Å². The Balaban J connectivity index is 1.92. The van der Waals surface area contributed by atoms with Gasteiger partial charge in [-0.15, -0.1) is 0 Å². The highest BCUT2D eigenvalue weighted by Gasteiger charge is 2.10. The first-order valence-electron chi connectivity index (χ1n) is 7.69. The lowest BCUT2D eigenvalue weighted by Gasteiger charge is -2.09. The fraction of sp³-hybridized carbons (Fsp3) is 0.353. The third kappa shape index (κ3) is 5.79. The van der Waals surface area contributed by atoms with Crippen molar-refractivity contribution in [3.8, 4) is 0 Å². The summed E-state index contributed by atoms with van der Waals surface area (Å²) in [6, 6.07) is 9.35. The average molecular weight is 349 g/mol. The van der Waals surface area contributed by atoms with Gasteiger partial charge in [0, 0.05) is 30.9 Å². The molecule has 0 unspecified atom stereocenters. The quantitative estimate of drug-likeness (QED) is 0.717. The number of nitrogens with zero attached hydrogens (tertiary/aromatic N) is 2. The van der Waals surface area contributed by atoms with Crippen molar-refractivity contribution in [3.63, 3.8) is 0 Å². The van der Waals surface area contributed by atoms with E-state index in [1.807, 2.05) is 31.2 Å². The van der Waals surface area contributed by atoms with Crippen molar-refractivity contribution in [2.75, 3.05) is 32.1 Å². The molecule has 0 saturated carbocycles. The summed E-state index contributed by atoms with van der Waals surface area (Å²) in [5, 5.41) is 6.62. The van der Waals surface area contributed by atoms with Gasteiger partial charge in [-0.1, -0.05) is 23.7 Å². The second-order valence-electron chi connectivity index (χ2n) is 5.27. The second-order valence-corrected chi connectivity index (χ2v) is 5.71. The summed E-state index contributed by atoms with van der Waals surface area (Å²) >= 11 is 5.87. The number of halogens is 1. The number of methoxy groups -OCH3 is 1. The van der Waals surface area contributed by atoms with Crippen LogP contribution in [0.25, 0.3) is 0 Å². The summed E-state index contributed by atoms with van der Waals surface area (Å²) in [6.07, 6.45) is 0.809. The number of aromatic nitrogens is 2. The molecule has 1 aromatic carbocycles. The monoisotopic (exact) mass is 348 g/mol. The van der Waals surface area contributed by atoms with E-state index in [1.165, 1.54) is 0 Å². The lowest BCUT2D eigenvalue weighted by Crippen LogP contribution is -2.28. The summed E-state index contributed by atoms with van der Waals surface area (Å²) in [5.41, 5.74) is 2.24. The lowest BCUT2D eigenvalue weighted by atomic mass is 10.1. The van der Waals surface area contributed by atoms with Crippen molar-refractivity contribution in [2.24, 2.45) is 0 Å². The van der Waals surface area contributed by atoms with E-state index in [9.17, 15) is 4.79 Å². The molecular formula is C17H21ClN4O2. The van der Waals surface area contributed by atoms with E-state index >= 15 is 0 Å². The van der Waals surface area contributed by atoms with E-state index < -0.39 is 0 Å². The zero-order valence-electron chi connectivity index (χ0n) is 13.8. The molecule has 0 aliphatic heterocycles. The molecule has 24 heavy (non-hydrogen) atoms. The minimum absolute atomic E-state index is 0.238. The highest BCUT2D eigenvalue weighted by atomic mass is 35.5. The van der Waals surface area contributed by atoms with E-state index in [2.05, 4.69) is 20.6 Å². The maximum absolute atomic E-state index is 12.1. The van der Waals surface area contributed by atoms with Crippen LogP contribution in [0.5, 0.6) is 0 Å². The lowest BCUT2D eigenvalue weighted by molar-refractivity contribution is 0.0932. The molecule has 0 atom stereocenters. The van der Waals surface area contributed by atoms with Gasteiger partial charge >= 0.3 is 0 Å². The van der Waals surface area contributed by atoms with Crippen molar-refractivity contribution in [1.29, 1.82) is 0 Å². The highest BCUT2D eigenvalue weighted by molar-refractivity contribution is 6.30. The van der Waals surface area contributed by atoms with Gasteiger partial charge < -0.3 is 15.4 Å². The van der Waals surface area contributed by atoms with E-state index in [0.717, 1.165) is 22.7 Å². The summed E-state index contributed by atoms with van der Waals surface area (Å²) in [5.74, 6) is 0.208. The molecule has 0 aliphatic carbocycles. The molecule has 1 heterocycles. The number of anilines is 1. The summed E-state index contributed by atoms with van der Waals surface area (Å²) in [6.45, 7) is 3.40. The normalized spacial score (nSPS) is 10.5. The van der Waals surface area contributed by atoms with Crippen LogP contribution in [0.1, 0.15) is 21.7 Å². The zero-order valence-corrected chi connectivity index (χ0v) is 14.6. The molecule has 0 spiro atoms. The maximum Gasteiger partial charge on any atom is 0.270 e. The van der Waals surface area contributed by atoms with E-state index in [1.54, 1.807) is 13.2 Å². The largest absolute Gasteiger partial charge is 0.383 e. The van der Waals surface area contributed by atoms with Crippen LogP contribution in [-0.4, -0.2) is 42.7 Å². The van der Waals surface area contributed by atoms with Crippen molar-refractivity contribution in [3.05, 3.63) is 52.3 Å². The first-order valence-corrected chi connectivity index (χ1v) is 8.07. The molecule has 2 aromatic rings. The Morgan fingerprint density at radius 1 is 1.21 bits per heavy atom. The number of benzene rings is 1. The topological polar surface area (TPSA) is 76.1 Å². The molecule has 128 valence electrons. The molecule has 6 nitrogen and oxygen atoms in total. The van der Waals surface area contributed by atoms with Crippen LogP contribution in [0.15, 0.2) is 30.3 Å². The van der Waals surface area contributed by atoms with E-state index in [-0.39, 0.29) is 5.91 Å². The number of aryl methyl sites for hydroxylation is 1. The van der Waals surface area contributed by atoms with Crippen LogP contribution in [0.2, 0.25) is 5.02 Å². The van der Waals surface area contributed by atoms with Gasteiger partial charge in [-0.05, 0) is 37.1 Å². The van der Waals surface area contributed by atoms with E-state index in [4.69, 9.17) is 16.3 Å². The number of ether oxygens (including phenoxy) is 1. The minimum Gasteiger partial charge on any atom is -0.383 e. The summed E-state index contributed by atoms with van der Waals surface area (Å²) in [7, 11) is 1.59. The number of hydrogen-bond acceptors (Lipinski definition) is 5.